The molecule has 1 heterocycles. The van der Waals surface area contributed by atoms with Crippen LogP contribution in [0.25, 0.3) is 0 Å². The predicted octanol–water partition coefficient (Wildman–Crippen LogP) is -0.275. The standard InChI is InChI=1S/C10H17NO5/c1-15-5-2-3-9(12)11-4-6-16-7-8(11)10(13)14/h8H,2-7H2,1H3,(H,13,14). The fourth-order valence-electron chi connectivity index (χ4n) is 1.62. The molecule has 0 bridgehead atoms. The number of carboxylic acid groups (broad SMARTS) is 1. The zero-order valence-electron chi connectivity index (χ0n) is 9.35. The van der Waals surface area contributed by atoms with E-state index in [2.05, 4.69) is 0 Å². The summed E-state index contributed by atoms with van der Waals surface area (Å²) >= 11 is 0. The van der Waals surface area contributed by atoms with Crippen LogP contribution >= 0.6 is 0 Å². The summed E-state index contributed by atoms with van der Waals surface area (Å²) in [5.41, 5.74) is 0. The lowest BCUT2D eigenvalue weighted by molar-refractivity contribution is -0.158. The Hall–Kier alpha value is -1.14. The molecule has 0 aliphatic carbocycles. The number of carboxylic acids is 1. The van der Waals surface area contributed by atoms with Gasteiger partial charge in [-0.05, 0) is 6.42 Å². The molecule has 1 aliphatic rings. The van der Waals surface area contributed by atoms with Crippen LogP contribution in [0.1, 0.15) is 12.8 Å². The van der Waals surface area contributed by atoms with Crippen molar-refractivity contribution in [2.75, 3.05) is 33.5 Å². The monoisotopic (exact) mass is 231 g/mol. The number of carbonyl (C=O) groups is 2. The van der Waals surface area contributed by atoms with Gasteiger partial charge in [0.25, 0.3) is 0 Å². The minimum atomic E-state index is -1.01. The summed E-state index contributed by atoms with van der Waals surface area (Å²) in [6, 6.07) is -0.844. The van der Waals surface area contributed by atoms with Gasteiger partial charge in [-0.25, -0.2) is 4.79 Å². The van der Waals surface area contributed by atoms with Crippen LogP contribution in [0.5, 0.6) is 0 Å². The molecule has 1 amide bonds. The summed E-state index contributed by atoms with van der Waals surface area (Å²) < 4.78 is 9.89. The lowest BCUT2D eigenvalue weighted by atomic mass is 10.2. The Morgan fingerprint density at radius 1 is 1.56 bits per heavy atom. The van der Waals surface area contributed by atoms with Crippen molar-refractivity contribution in [3.05, 3.63) is 0 Å². The molecule has 0 aromatic carbocycles. The highest BCUT2D eigenvalue weighted by atomic mass is 16.5. The second-order valence-corrected chi connectivity index (χ2v) is 3.61. The Morgan fingerprint density at radius 3 is 2.94 bits per heavy atom. The second kappa shape index (κ2) is 6.44. The van der Waals surface area contributed by atoms with Crippen molar-refractivity contribution < 1.29 is 24.2 Å². The number of aliphatic carboxylic acids is 1. The molecular formula is C10H17NO5. The highest BCUT2D eigenvalue weighted by molar-refractivity contribution is 5.83. The molecule has 1 unspecified atom stereocenters. The molecule has 0 spiro atoms. The molecule has 1 saturated heterocycles. The molecule has 1 aliphatic heterocycles. The van der Waals surface area contributed by atoms with Crippen LogP contribution < -0.4 is 0 Å². The number of hydrogen-bond donors (Lipinski definition) is 1. The molecule has 6 nitrogen and oxygen atoms in total. The van der Waals surface area contributed by atoms with Crippen LogP contribution in [0.3, 0.4) is 0 Å². The average Bonchev–Trinajstić information content (AvgIpc) is 2.29. The van der Waals surface area contributed by atoms with Crippen molar-refractivity contribution in [1.82, 2.24) is 4.90 Å². The predicted molar refractivity (Wildman–Crippen MR) is 55.1 cm³/mol. The van der Waals surface area contributed by atoms with E-state index in [1.165, 1.54) is 4.90 Å². The van der Waals surface area contributed by atoms with E-state index in [4.69, 9.17) is 14.6 Å². The topological polar surface area (TPSA) is 76.1 Å². The third kappa shape index (κ3) is 3.46. The zero-order chi connectivity index (χ0) is 12.0. The lowest BCUT2D eigenvalue weighted by Crippen LogP contribution is -2.52. The van der Waals surface area contributed by atoms with Gasteiger partial charge in [-0.3, -0.25) is 4.79 Å². The van der Waals surface area contributed by atoms with Gasteiger partial charge in [-0.1, -0.05) is 0 Å². The van der Waals surface area contributed by atoms with E-state index in [9.17, 15) is 9.59 Å². The minimum absolute atomic E-state index is 0.0748. The molecule has 1 N–H and O–H groups in total. The number of hydrogen-bond acceptors (Lipinski definition) is 4. The third-order valence-corrected chi connectivity index (χ3v) is 2.47. The molecule has 0 radical (unpaired) electrons. The number of ether oxygens (including phenoxy) is 2. The highest BCUT2D eigenvalue weighted by Crippen LogP contribution is 2.10. The van der Waals surface area contributed by atoms with Gasteiger partial charge in [0, 0.05) is 26.7 Å². The molecule has 92 valence electrons. The summed E-state index contributed by atoms with van der Waals surface area (Å²) in [5, 5.41) is 8.93. The van der Waals surface area contributed by atoms with Crippen LogP contribution in [0.15, 0.2) is 0 Å². The average molecular weight is 231 g/mol. The molecular weight excluding hydrogens is 214 g/mol. The summed E-state index contributed by atoms with van der Waals surface area (Å²) in [5.74, 6) is -1.16. The lowest BCUT2D eigenvalue weighted by Gasteiger charge is -2.32. The van der Waals surface area contributed by atoms with E-state index in [1.54, 1.807) is 7.11 Å². The normalized spacial score (nSPS) is 20.8. The van der Waals surface area contributed by atoms with Crippen molar-refractivity contribution in [2.45, 2.75) is 18.9 Å². The number of amides is 1. The second-order valence-electron chi connectivity index (χ2n) is 3.61. The van der Waals surface area contributed by atoms with Gasteiger partial charge in [0.1, 0.15) is 0 Å². The van der Waals surface area contributed by atoms with Crippen LogP contribution in [0.2, 0.25) is 0 Å². The Morgan fingerprint density at radius 2 is 2.31 bits per heavy atom. The molecule has 16 heavy (non-hydrogen) atoms. The van der Waals surface area contributed by atoms with Crippen LogP contribution in [-0.2, 0) is 19.1 Å². The first-order valence-electron chi connectivity index (χ1n) is 5.25. The van der Waals surface area contributed by atoms with Gasteiger partial charge >= 0.3 is 5.97 Å². The van der Waals surface area contributed by atoms with Crippen molar-refractivity contribution in [3.63, 3.8) is 0 Å². The largest absolute Gasteiger partial charge is 0.480 e. The number of rotatable bonds is 5. The summed E-state index contributed by atoms with van der Waals surface area (Å²) in [6.07, 6.45) is 0.927. The van der Waals surface area contributed by atoms with Crippen molar-refractivity contribution in [1.29, 1.82) is 0 Å². The van der Waals surface area contributed by atoms with E-state index in [0.717, 1.165) is 0 Å². The quantitative estimate of drug-likeness (QED) is 0.659. The van der Waals surface area contributed by atoms with Crippen LogP contribution in [0.4, 0.5) is 0 Å². The summed E-state index contributed by atoms with van der Waals surface area (Å²) in [4.78, 5) is 24.0. The summed E-state index contributed by atoms with van der Waals surface area (Å²) in [6.45, 7) is 1.34. The Bertz CT molecular complexity index is 256. The Kier molecular flexibility index (Phi) is 5.21. The fourth-order valence-corrected chi connectivity index (χ4v) is 1.62. The first-order chi connectivity index (χ1) is 7.66. The molecule has 1 atom stereocenters. The molecule has 0 aromatic heterocycles. The van der Waals surface area contributed by atoms with Crippen molar-refractivity contribution in [2.24, 2.45) is 0 Å². The molecule has 0 saturated carbocycles. The van der Waals surface area contributed by atoms with Gasteiger partial charge in [0.15, 0.2) is 6.04 Å². The number of nitrogens with zero attached hydrogens (tertiary/aromatic N) is 1. The highest BCUT2D eigenvalue weighted by Gasteiger charge is 2.32. The van der Waals surface area contributed by atoms with Crippen LogP contribution in [0, 0.1) is 0 Å². The summed E-state index contributed by atoms with van der Waals surface area (Å²) in [7, 11) is 1.57. The first-order valence-corrected chi connectivity index (χ1v) is 5.25. The third-order valence-electron chi connectivity index (χ3n) is 2.47. The van der Waals surface area contributed by atoms with Crippen molar-refractivity contribution in [3.8, 4) is 0 Å². The first kappa shape index (κ1) is 12.9. The maximum Gasteiger partial charge on any atom is 0.328 e. The number of carbonyl (C=O) groups excluding carboxylic acids is 1. The van der Waals surface area contributed by atoms with Gasteiger partial charge in [-0.15, -0.1) is 0 Å². The number of methoxy groups -OCH3 is 1. The minimum Gasteiger partial charge on any atom is -0.480 e. The van der Waals surface area contributed by atoms with Crippen molar-refractivity contribution >= 4 is 11.9 Å². The van der Waals surface area contributed by atoms with Gasteiger partial charge in [-0.2, -0.15) is 0 Å². The maximum atomic E-state index is 11.7. The molecule has 1 fully saturated rings. The fraction of sp³-hybridized carbons (Fsp3) is 0.800. The smallest absolute Gasteiger partial charge is 0.328 e. The Labute approximate surface area is 94.1 Å². The SMILES string of the molecule is COCCCC(=O)N1CCOCC1C(=O)O. The molecule has 6 heteroatoms. The number of morpholine rings is 1. The maximum absolute atomic E-state index is 11.7. The molecule has 1 rings (SSSR count). The zero-order valence-corrected chi connectivity index (χ0v) is 9.35. The van der Waals surface area contributed by atoms with E-state index < -0.39 is 12.0 Å². The molecule has 0 aromatic rings. The van der Waals surface area contributed by atoms with E-state index in [-0.39, 0.29) is 12.5 Å². The van der Waals surface area contributed by atoms with E-state index in [1.807, 2.05) is 0 Å². The van der Waals surface area contributed by atoms with Crippen LogP contribution in [-0.4, -0.2) is 61.4 Å². The Balaban J connectivity index is 2.47. The van der Waals surface area contributed by atoms with E-state index in [0.29, 0.717) is 32.6 Å². The van der Waals surface area contributed by atoms with Gasteiger partial charge in [0.2, 0.25) is 5.91 Å². The van der Waals surface area contributed by atoms with Gasteiger partial charge < -0.3 is 19.5 Å². The van der Waals surface area contributed by atoms with E-state index >= 15 is 0 Å². The van der Waals surface area contributed by atoms with Gasteiger partial charge in [0.05, 0.1) is 13.2 Å².